The summed E-state index contributed by atoms with van der Waals surface area (Å²) >= 11 is 0. The Morgan fingerprint density at radius 2 is 2.00 bits per heavy atom. The minimum atomic E-state index is -0.739. The summed E-state index contributed by atoms with van der Waals surface area (Å²) in [6.07, 6.45) is 2.86. The average molecular weight is 398 g/mol. The number of hydrogen-bond acceptors (Lipinski definition) is 9. The minimum Gasteiger partial charge on any atom is -0.388 e. The lowest BCUT2D eigenvalue weighted by molar-refractivity contribution is 0.0839. The number of nitrogens with zero attached hydrogens (tertiary/aromatic N) is 9. The van der Waals surface area contributed by atoms with Gasteiger partial charge in [0.2, 0.25) is 5.65 Å². The van der Waals surface area contributed by atoms with Crippen LogP contribution in [-0.4, -0.2) is 69.4 Å². The number of aromatic nitrogens is 9. The Hall–Kier alpha value is -2.69. The zero-order valence-corrected chi connectivity index (χ0v) is 17.2. The van der Waals surface area contributed by atoms with E-state index in [0.29, 0.717) is 48.2 Å². The third-order valence-corrected chi connectivity index (χ3v) is 5.63. The Morgan fingerprint density at radius 1 is 1.21 bits per heavy atom. The molecule has 1 saturated heterocycles. The highest BCUT2D eigenvalue weighted by atomic mass is 16.3. The van der Waals surface area contributed by atoms with Crippen molar-refractivity contribution in [1.82, 2.24) is 45.6 Å². The lowest BCUT2D eigenvalue weighted by atomic mass is 9.96. The fourth-order valence-electron chi connectivity index (χ4n) is 3.84. The van der Waals surface area contributed by atoms with E-state index in [-0.39, 0.29) is 11.5 Å². The van der Waals surface area contributed by atoms with E-state index >= 15 is 0 Å². The standard InChI is InChI=1S/C18H26N10O/c1-17(2,3)16-19-13-11(15(20-16)27-8-7-18(4,29)9-27)23-28(24-13)12(10-5-6-10)14-21-25-26-22-14/h10,12,29H,5-9H2,1-4H3,(H,21,22,25,26). The highest BCUT2D eigenvalue weighted by Crippen LogP contribution is 2.42. The number of β-amino-alcohol motifs (C(OH)–C–C–N with tert-alkyl or cyclic N) is 1. The number of fused-ring (bicyclic) bond motifs is 1. The number of aromatic amines is 1. The van der Waals surface area contributed by atoms with Crippen molar-refractivity contribution in [3.8, 4) is 0 Å². The molecule has 11 heteroatoms. The first-order valence-electron chi connectivity index (χ1n) is 10.1. The number of rotatable bonds is 4. The maximum absolute atomic E-state index is 10.5. The average Bonchev–Trinajstić information content (AvgIpc) is 3.04. The van der Waals surface area contributed by atoms with Crippen molar-refractivity contribution in [1.29, 1.82) is 0 Å². The van der Waals surface area contributed by atoms with E-state index in [2.05, 4.69) is 46.3 Å². The number of H-pyrrole nitrogens is 1. The maximum atomic E-state index is 10.5. The molecule has 5 rings (SSSR count). The largest absolute Gasteiger partial charge is 0.388 e. The summed E-state index contributed by atoms with van der Waals surface area (Å²) in [5.41, 5.74) is 0.232. The Balaban J connectivity index is 1.65. The van der Waals surface area contributed by atoms with Crippen LogP contribution in [0.5, 0.6) is 0 Å². The normalized spacial score (nSPS) is 23.8. The summed E-state index contributed by atoms with van der Waals surface area (Å²) in [5, 5.41) is 34.4. The first kappa shape index (κ1) is 18.3. The van der Waals surface area contributed by atoms with Gasteiger partial charge in [-0.25, -0.2) is 15.1 Å². The molecule has 2 N–H and O–H groups in total. The van der Waals surface area contributed by atoms with Crippen LogP contribution in [0.25, 0.3) is 11.2 Å². The molecule has 0 aromatic carbocycles. The topological polar surface area (TPSA) is 134 Å². The molecule has 29 heavy (non-hydrogen) atoms. The zero-order chi connectivity index (χ0) is 20.4. The molecule has 0 radical (unpaired) electrons. The van der Waals surface area contributed by atoms with Crippen LogP contribution in [0, 0.1) is 5.92 Å². The van der Waals surface area contributed by atoms with Gasteiger partial charge in [0, 0.05) is 18.5 Å². The van der Waals surface area contributed by atoms with Gasteiger partial charge in [0.25, 0.3) is 0 Å². The van der Waals surface area contributed by atoms with Crippen molar-refractivity contribution in [3.05, 3.63) is 11.6 Å². The molecule has 2 fully saturated rings. The van der Waals surface area contributed by atoms with Crippen LogP contribution in [0.2, 0.25) is 0 Å². The third-order valence-electron chi connectivity index (χ3n) is 5.63. The second-order valence-corrected chi connectivity index (χ2v) is 9.55. The molecule has 0 bridgehead atoms. The van der Waals surface area contributed by atoms with Crippen LogP contribution in [-0.2, 0) is 5.41 Å². The lowest BCUT2D eigenvalue weighted by Crippen LogP contribution is -2.31. The predicted molar refractivity (Wildman–Crippen MR) is 104 cm³/mol. The van der Waals surface area contributed by atoms with Crippen molar-refractivity contribution in [2.24, 2.45) is 5.92 Å². The summed E-state index contributed by atoms with van der Waals surface area (Å²) in [6.45, 7) is 9.31. The van der Waals surface area contributed by atoms with Crippen molar-refractivity contribution in [3.63, 3.8) is 0 Å². The molecule has 154 valence electrons. The molecular formula is C18H26N10O. The fraction of sp³-hybridized carbons (Fsp3) is 0.722. The molecule has 2 aliphatic rings. The molecule has 11 nitrogen and oxygen atoms in total. The van der Waals surface area contributed by atoms with Crippen LogP contribution >= 0.6 is 0 Å². The third kappa shape index (κ3) is 3.33. The fourth-order valence-corrected chi connectivity index (χ4v) is 3.84. The van der Waals surface area contributed by atoms with Gasteiger partial charge in [0.1, 0.15) is 11.9 Å². The van der Waals surface area contributed by atoms with Crippen molar-refractivity contribution < 1.29 is 5.11 Å². The maximum Gasteiger partial charge on any atom is 0.207 e. The summed E-state index contributed by atoms with van der Waals surface area (Å²) in [5.74, 6) is 2.50. The minimum absolute atomic E-state index is 0.146. The highest BCUT2D eigenvalue weighted by molar-refractivity contribution is 5.83. The van der Waals surface area contributed by atoms with Gasteiger partial charge in [-0.1, -0.05) is 20.8 Å². The second kappa shape index (κ2) is 6.15. The molecule has 0 amide bonds. The molecular weight excluding hydrogens is 372 g/mol. The van der Waals surface area contributed by atoms with E-state index in [1.165, 1.54) is 0 Å². The van der Waals surface area contributed by atoms with E-state index in [0.717, 1.165) is 18.7 Å². The summed E-state index contributed by atoms with van der Waals surface area (Å²) in [6, 6.07) is -0.146. The summed E-state index contributed by atoms with van der Waals surface area (Å²) in [4.78, 5) is 13.3. The van der Waals surface area contributed by atoms with Crippen LogP contribution in [0.15, 0.2) is 0 Å². The molecule has 2 unspecified atom stereocenters. The van der Waals surface area contributed by atoms with E-state index in [1.807, 2.05) is 6.92 Å². The van der Waals surface area contributed by atoms with Crippen LogP contribution in [0.1, 0.15) is 64.6 Å². The van der Waals surface area contributed by atoms with Crippen molar-refractivity contribution in [2.45, 2.75) is 64.0 Å². The summed E-state index contributed by atoms with van der Waals surface area (Å²) < 4.78 is 0. The number of hydrogen-bond donors (Lipinski definition) is 2. The Labute approximate surface area is 167 Å². The van der Waals surface area contributed by atoms with Crippen LogP contribution in [0.4, 0.5) is 5.82 Å². The molecule has 4 heterocycles. The van der Waals surface area contributed by atoms with Crippen molar-refractivity contribution in [2.75, 3.05) is 18.0 Å². The number of aliphatic hydroxyl groups is 1. The number of tetrazole rings is 1. The predicted octanol–water partition coefficient (Wildman–Crippen LogP) is 0.992. The van der Waals surface area contributed by atoms with Gasteiger partial charge in [-0.05, 0) is 42.5 Å². The molecule has 2 atom stereocenters. The highest BCUT2D eigenvalue weighted by Gasteiger charge is 2.39. The van der Waals surface area contributed by atoms with Crippen molar-refractivity contribution >= 4 is 17.0 Å². The quantitative estimate of drug-likeness (QED) is 0.659. The van der Waals surface area contributed by atoms with Crippen LogP contribution < -0.4 is 4.90 Å². The van der Waals surface area contributed by atoms with E-state index in [1.54, 1.807) is 4.80 Å². The monoisotopic (exact) mass is 398 g/mol. The molecule has 3 aromatic heterocycles. The molecule has 1 aliphatic heterocycles. The van der Waals surface area contributed by atoms with Gasteiger partial charge in [0.05, 0.1) is 5.60 Å². The van der Waals surface area contributed by atoms with Gasteiger partial charge in [0.15, 0.2) is 17.2 Å². The lowest BCUT2D eigenvalue weighted by Gasteiger charge is -2.22. The molecule has 3 aromatic rings. The number of nitrogens with one attached hydrogen (secondary N) is 1. The zero-order valence-electron chi connectivity index (χ0n) is 17.2. The first-order chi connectivity index (χ1) is 13.7. The molecule has 1 aliphatic carbocycles. The van der Waals surface area contributed by atoms with E-state index in [9.17, 15) is 5.11 Å². The van der Waals surface area contributed by atoms with Gasteiger partial charge < -0.3 is 10.0 Å². The van der Waals surface area contributed by atoms with Gasteiger partial charge in [-0.2, -0.15) is 4.80 Å². The van der Waals surface area contributed by atoms with Gasteiger partial charge in [-0.15, -0.1) is 15.3 Å². The Kier molecular flexibility index (Phi) is 3.89. The smallest absolute Gasteiger partial charge is 0.207 e. The van der Waals surface area contributed by atoms with E-state index < -0.39 is 5.60 Å². The van der Waals surface area contributed by atoms with Crippen LogP contribution in [0.3, 0.4) is 0 Å². The van der Waals surface area contributed by atoms with Gasteiger partial charge in [-0.3, -0.25) is 0 Å². The van der Waals surface area contributed by atoms with Gasteiger partial charge >= 0.3 is 0 Å². The molecule has 0 spiro atoms. The Bertz CT molecular complexity index is 1030. The first-order valence-corrected chi connectivity index (χ1v) is 10.1. The summed E-state index contributed by atoms with van der Waals surface area (Å²) in [7, 11) is 0. The SMILES string of the molecule is CC1(O)CCN(c2nc(C(C)(C)C)nc3nn(C(c4nnn[nH]4)C4CC4)nc23)C1. The number of anilines is 1. The second-order valence-electron chi connectivity index (χ2n) is 9.55. The molecule has 1 saturated carbocycles. The van der Waals surface area contributed by atoms with E-state index in [4.69, 9.17) is 20.2 Å². The Morgan fingerprint density at radius 3 is 2.59 bits per heavy atom.